The zero-order valence-electron chi connectivity index (χ0n) is 6.54. The average molecular weight is 281 g/mol. The second-order valence-corrected chi connectivity index (χ2v) is 2.80. The molecule has 0 unspecified atom stereocenters. The summed E-state index contributed by atoms with van der Waals surface area (Å²) in [6, 6.07) is 1.59. The standard InChI is InChI=1S/C7H8INO3/c1-2-11-7(10)6-3-5(4-8)12-9-6/h3H,2,4H2,1H3. The van der Waals surface area contributed by atoms with Crippen LogP contribution < -0.4 is 0 Å². The van der Waals surface area contributed by atoms with E-state index in [2.05, 4.69) is 27.7 Å². The van der Waals surface area contributed by atoms with Gasteiger partial charge < -0.3 is 9.26 Å². The first-order valence-electron chi connectivity index (χ1n) is 3.46. The van der Waals surface area contributed by atoms with Gasteiger partial charge >= 0.3 is 5.97 Å². The quantitative estimate of drug-likeness (QED) is 0.481. The van der Waals surface area contributed by atoms with E-state index in [1.54, 1.807) is 13.0 Å². The predicted molar refractivity (Wildman–Crippen MR) is 50.2 cm³/mol. The summed E-state index contributed by atoms with van der Waals surface area (Å²) in [7, 11) is 0. The molecule has 0 aromatic carbocycles. The molecule has 0 saturated carbocycles. The highest BCUT2D eigenvalue weighted by molar-refractivity contribution is 14.1. The lowest BCUT2D eigenvalue weighted by Crippen LogP contribution is -2.04. The maximum Gasteiger partial charge on any atom is 0.360 e. The minimum Gasteiger partial charge on any atom is -0.461 e. The molecule has 0 amide bonds. The minimum atomic E-state index is -0.433. The second-order valence-electron chi connectivity index (χ2n) is 2.03. The fourth-order valence-corrected chi connectivity index (χ4v) is 1.04. The van der Waals surface area contributed by atoms with Gasteiger partial charge in [0.15, 0.2) is 5.69 Å². The monoisotopic (exact) mass is 281 g/mol. The number of rotatable bonds is 3. The van der Waals surface area contributed by atoms with Gasteiger partial charge in [-0.3, -0.25) is 0 Å². The molecule has 1 rings (SSSR count). The average Bonchev–Trinajstić information content (AvgIpc) is 2.52. The molecule has 5 heteroatoms. The highest BCUT2D eigenvalue weighted by atomic mass is 127. The summed E-state index contributed by atoms with van der Waals surface area (Å²) in [5, 5.41) is 3.55. The normalized spacial score (nSPS) is 9.83. The Morgan fingerprint density at radius 1 is 1.83 bits per heavy atom. The lowest BCUT2D eigenvalue weighted by atomic mass is 10.4. The minimum absolute atomic E-state index is 0.239. The summed E-state index contributed by atoms with van der Waals surface area (Å²) >= 11 is 2.13. The van der Waals surface area contributed by atoms with Gasteiger partial charge in [-0.25, -0.2) is 4.79 Å². The highest BCUT2D eigenvalue weighted by Crippen LogP contribution is 2.08. The molecule has 0 N–H and O–H groups in total. The van der Waals surface area contributed by atoms with Crippen molar-refractivity contribution in [2.45, 2.75) is 11.4 Å². The van der Waals surface area contributed by atoms with Gasteiger partial charge in [0.2, 0.25) is 0 Å². The van der Waals surface area contributed by atoms with Gasteiger partial charge in [0.05, 0.1) is 11.0 Å². The smallest absolute Gasteiger partial charge is 0.360 e. The van der Waals surface area contributed by atoms with E-state index in [0.717, 1.165) is 0 Å². The van der Waals surface area contributed by atoms with E-state index < -0.39 is 5.97 Å². The number of alkyl halides is 1. The Labute approximate surface area is 83.4 Å². The molecule has 0 fully saturated rings. The topological polar surface area (TPSA) is 52.3 Å². The van der Waals surface area contributed by atoms with Crippen LogP contribution in [0.3, 0.4) is 0 Å². The fraction of sp³-hybridized carbons (Fsp3) is 0.429. The van der Waals surface area contributed by atoms with Crippen LogP contribution in [0.15, 0.2) is 10.6 Å². The number of esters is 1. The molecule has 0 spiro atoms. The Morgan fingerprint density at radius 2 is 2.58 bits per heavy atom. The van der Waals surface area contributed by atoms with E-state index in [9.17, 15) is 4.79 Å². The van der Waals surface area contributed by atoms with Crippen LogP contribution in [-0.2, 0) is 9.16 Å². The molecular weight excluding hydrogens is 273 g/mol. The first kappa shape index (κ1) is 9.50. The molecule has 1 aromatic rings. The van der Waals surface area contributed by atoms with Gasteiger partial charge in [0.1, 0.15) is 5.76 Å². The van der Waals surface area contributed by atoms with Crippen LogP contribution >= 0.6 is 22.6 Å². The number of carbonyl (C=O) groups excluding carboxylic acids is 1. The summed E-state index contributed by atoms with van der Waals surface area (Å²) in [6.07, 6.45) is 0. The van der Waals surface area contributed by atoms with E-state index in [-0.39, 0.29) is 5.69 Å². The van der Waals surface area contributed by atoms with Crippen molar-refractivity contribution in [1.29, 1.82) is 0 Å². The van der Waals surface area contributed by atoms with E-state index >= 15 is 0 Å². The first-order valence-corrected chi connectivity index (χ1v) is 4.99. The molecule has 1 aromatic heterocycles. The summed E-state index contributed by atoms with van der Waals surface area (Å²) < 4.78 is 10.2. The Bertz CT molecular complexity index is 271. The van der Waals surface area contributed by atoms with Gasteiger partial charge in [0, 0.05) is 6.07 Å². The van der Waals surface area contributed by atoms with Crippen LogP contribution in [0.1, 0.15) is 23.2 Å². The van der Waals surface area contributed by atoms with Crippen molar-refractivity contribution in [3.05, 3.63) is 17.5 Å². The van der Waals surface area contributed by atoms with Crippen molar-refractivity contribution in [3.63, 3.8) is 0 Å². The van der Waals surface area contributed by atoms with Gasteiger partial charge in [-0.05, 0) is 6.92 Å². The van der Waals surface area contributed by atoms with E-state index in [0.29, 0.717) is 16.8 Å². The third kappa shape index (κ3) is 2.20. The van der Waals surface area contributed by atoms with Crippen LogP contribution in [0.2, 0.25) is 0 Å². The van der Waals surface area contributed by atoms with Gasteiger partial charge in [0.25, 0.3) is 0 Å². The van der Waals surface area contributed by atoms with Crippen molar-refractivity contribution in [1.82, 2.24) is 5.16 Å². The second kappa shape index (κ2) is 4.44. The largest absolute Gasteiger partial charge is 0.461 e. The third-order valence-corrected chi connectivity index (χ3v) is 1.93. The molecule has 0 saturated heterocycles. The zero-order chi connectivity index (χ0) is 8.97. The molecule has 0 radical (unpaired) electrons. The van der Waals surface area contributed by atoms with Gasteiger partial charge in [-0.2, -0.15) is 0 Å². The van der Waals surface area contributed by atoms with Crippen LogP contribution in [0.25, 0.3) is 0 Å². The summed E-state index contributed by atoms with van der Waals surface area (Å²) in [6.45, 7) is 2.10. The lowest BCUT2D eigenvalue weighted by molar-refractivity contribution is 0.0514. The highest BCUT2D eigenvalue weighted by Gasteiger charge is 2.11. The van der Waals surface area contributed by atoms with Crippen molar-refractivity contribution < 1.29 is 14.1 Å². The van der Waals surface area contributed by atoms with Crippen molar-refractivity contribution in [2.75, 3.05) is 6.61 Å². The van der Waals surface area contributed by atoms with Crippen LogP contribution in [0.5, 0.6) is 0 Å². The maximum atomic E-state index is 11.0. The van der Waals surface area contributed by atoms with Crippen molar-refractivity contribution >= 4 is 28.6 Å². The predicted octanol–water partition coefficient (Wildman–Crippen LogP) is 1.79. The van der Waals surface area contributed by atoms with Crippen molar-refractivity contribution in [2.24, 2.45) is 0 Å². The number of nitrogens with zero attached hydrogens (tertiary/aromatic N) is 1. The summed E-state index contributed by atoms with van der Waals surface area (Å²) in [5.74, 6) is 0.246. The molecule has 12 heavy (non-hydrogen) atoms. The molecule has 0 atom stereocenters. The number of carbonyl (C=O) groups is 1. The SMILES string of the molecule is CCOC(=O)c1cc(CI)on1. The third-order valence-electron chi connectivity index (χ3n) is 1.18. The van der Waals surface area contributed by atoms with Gasteiger partial charge in [-0.1, -0.05) is 27.7 Å². The van der Waals surface area contributed by atoms with E-state index in [1.165, 1.54) is 0 Å². The zero-order valence-corrected chi connectivity index (χ0v) is 8.70. The molecule has 4 nitrogen and oxygen atoms in total. The number of ether oxygens (including phenoxy) is 1. The molecular formula is C7H8INO3. The Kier molecular flexibility index (Phi) is 3.51. The molecule has 0 aliphatic heterocycles. The lowest BCUT2D eigenvalue weighted by Gasteiger charge is -1.94. The van der Waals surface area contributed by atoms with Crippen molar-refractivity contribution in [3.8, 4) is 0 Å². The Morgan fingerprint density at radius 3 is 3.08 bits per heavy atom. The molecule has 0 bridgehead atoms. The fourth-order valence-electron chi connectivity index (χ4n) is 0.677. The van der Waals surface area contributed by atoms with E-state index in [1.807, 2.05) is 0 Å². The molecule has 0 aliphatic carbocycles. The van der Waals surface area contributed by atoms with E-state index in [4.69, 9.17) is 9.26 Å². The number of hydrogen-bond acceptors (Lipinski definition) is 4. The Hall–Kier alpha value is -0.590. The first-order chi connectivity index (χ1) is 5.77. The Balaban J connectivity index is 2.68. The van der Waals surface area contributed by atoms with Crippen LogP contribution in [0, 0.1) is 0 Å². The molecule has 66 valence electrons. The van der Waals surface area contributed by atoms with Crippen LogP contribution in [-0.4, -0.2) is 17.7 Å². The van der Waals surface area contributed by atoms with Crippen LogP contribution in [0.4, 0.5) is 0 Å². The summed E-state index contributed by atoms with van der Waals surface area (Å²) in [5.41, 5.74) is 0.239. The number of aromatic nitrogens is 1. The summed E-state index contributed by atoms with van der Waals surface area (Å²) in [4.78, 5) is 11.0. The number of halogens is 1. The number of hydrogen-bond donors (Lipinski definition) is 0. The maximum absolute atomic E-state index is 11.0. The molecule has 1 heterocycles. The van der Waals surface area contributed by atoms with Gasteiger partial charge in [-0.15, -0.1) is 0 Å². The molecule has 0 aliphatic rings.